The molecule has 0 aromatic heterocycles. The fraction of sp³-hybridized carbons (Fsp3) is 0.467. The highest BCUT2D eigenvalue weighted by atomic mass is 35.5. The Bertz CT molecular complexity index is 529. The fourth-order valence-electron chi connectivity index (χ4n) is 3.19. The van der Waals surface area contributed by atoms with E-state index in [1.165, 1.54) is 0 Å². The summed E-state index contributed by atoms with van der Waals surface area (Å²) in [4.78, 5) is 25.8. The Morgan fingerprint density at radius 1 is 1.21 bits per heavy atom. The molecule has 1 aromatic carbocycles. The third-order valence-electron chi connectivity index (χ3n) is 4.28. The van der Waals surface area contributed by atoms with Gasteiger partial charge >= 0.3 is 0 Å². The van der Waals surface area contributed by atoms with Crippen molar-refractivity contribution < 1.29 is 9.59 Å². The molecule has 2 aliphatic rings. The average Bonchev–Trinajstić information content (AvgIpc) is 2.57. The van der Waals surface area contributed by atoms with Crippen molar-refractivity contribution >= 4 is 22.8 Å². The number of aryl methyl sites for hydroxylation is 1. The van der Waals surface area contributed by atoms with Crippen LogP contribution < -0.4 is 0 Å². The van der Waals surface area contributed by atoms with E-state index >= 15 is 0 Å². The van der Waals surface area contributed by atoms with E-state index in [1.807, 2.05) is 29.2 Å². The van der Waals surface area contributed by atoms with Crippen LogP contribution in [0, 0.1) is 5.92 Å². The summed E-state index contributed by atoms with van der Waals surface area (Å²) >= 11 is 5.60. The molecule has 0 N–H and O–H groups in total. The van der Waals surface area contributed by atoms with Gasteiger partial charge in [0.25, 0.3) is 5.91 Å². The zero-order chi connectivity index (χ0) is 13.4. The van der Waals surface area contributed by atoms with E-state index in [-0.39, 0.29) is 23.1 Å². The molecule has 1 fully saturated rings. The normalized spacial score (nSPS) is 26.4. The number of halogens is 1. The molecule has 0 spiro atoms. The Kier molecular flexibility index (Phi) is 3.31. The van der Waals surface area contributed by atoms with Gasteiger partial charge in [-0.25, -0.2) is 0 Å². The van der Waals surface area contributed by atoms with Crippen LogP contribution in [0.1, 0.15) is 35.2 Å². The van der Waals surface area contributed by atoms with E-state index < -0.39 is 0 Å². The van der Waals surface area contributed by atoms with Crippen molar-refractivity contribution in [1.82, 2.24) is 4.90 Å². The standard InChI is InChI=1S/C15H16ClNO2/c16-14(18)11-6-8-12-7-5-10-3-1-2-4-13(10)15(19)17(12)9-11/h1-4,11-12H,5-9H2/t11-,12+/m1/s1. The number of nitrogens with zero attached hydrogens (tertiary/aromatic N) is 1. The largest absolute Gasteiger partial charge is 0.335 e. The van der Waals surface area contributed by atoms with Crippen LogP contribution in [0.5, 0.6) is 0 Å². The summed E-state index contributed by atoms with van der Waals surface area (Å²) in [7, 11) is 0. The molecule has 3 rings (SSSR count). The summed E-state index contributed by atoms with van der Waals surface area (Å²) < 4.78 is 0. The zero-order valence-electron chi connectivity index (χ0n) is 10.6. The molecule has 1 saturated heterocycles. The topological polar surface area (TPSA) is 37.4 Å². The van der Waals surface area contributed by atoms with Crippen LogP contribution >= 0.6 is 11.6 Å². The summed E-state index contributed by atoms with van der Waals surface area (Å²) in [5, 5.41) is -0.316. The molecule has 0 bridgehead atoms. The number of carbonyl (C=O) groups excluding carboxylic acids is 2. The first-order chi connectivity index (χ1) is 9.16. The molecule has 1 amide bonds. The maximum Gasteiger partial charge on any atom is 0.254 e. The molecule has 2 atom stereocenters. The second kappa shape index (κ2) is 4.97. The zero-order valence-corrected chi connectivity index (χ0v) is 11.4. The summed E-state index contributed by atoms with van der Waals surface area (Å²) in [6.07, 6.45) is 3.59. The summed E-state index contributed by atoms with van der Waals surface area (Å²) in [5.41, 5.74) is 1.91. The Morgan fingerprint density at radius 3 is 2.79 bits per heavy atom. The lowest BCUT2D eigenvalue weighted by Crippen LogP contribution is -2.47. The van der Waals surface area contributed by atoms with Gasteiger partial charge in [-0.15, -0.1) is 0 Å². The van der Waals surface area contributed by atoms with Gasteiger partial charge in [-0.2, -0.15) is 0 Å². The Hall–Kier alpha value is -1.35. The minimum Gasteiger partial charge on any atom is -0.335 e. The van der Waals surface area contributed by atoms with Gasteiger partial charge in [0.2, 0.25) is 5.24 Å². The minimum atomic E-state index is -0.316. The van der Waals surface area contributed by atoms with E-state index in [0.29, 0.717) is 6.54 Å². The number of hydrogen-bond donors (Lipinski definition) is 0. The van der Waals surface area contributed by atoms with Crippen LogP contribution in [-0.4, -0.2) is 28.6 Å². The van der Waals surface area contributed by atoms with Crippen molar-refractivity contribution in [2.75, 3.05) is 6.54 Å². The van der Waals surface area contributed by atoms with Crippen LogP contribution in [0.2, 0.25) is 0 Å². The third-order valence-corrected chi connectivity index (χ3v) is 4.59. The van der Waals surface area contributed by atoms with Crippen molar-refractivity contribution in [3.05, 3.63) is 35.4 Å². The predicted octanol–water partition coefficient (Wildman–Crippen LogP) is 2.62. The molecule has 0 radical (unpaired) electrons. The van der Waals surface area contributed by atoms with Crippen LogP contribution in [0.25, 0.3) is 0 Å². The molecule has 1 aromatic rings. The second-order valence-corrected chi connectivity index (χ2v) is 5.76. The maximum absolute atomic E-state index is 12.6. The third kappa shape index (κ3) is 2.27. The Morgan fingerprint density at radius 2 is 2.00 bits per heavy atom. The molecule has 4 heteroatoms. The number of amides is 1. The van der Waals surface area contributed by atoms with E-state index in [1.54, 1.807) is 0 Å². The fourth-order valence-corrected chi connectivity index (χ4v) is 3.36. The van der Waals surface area contributed by atoms with Gasteiger partial charge in [0.05, 0.1) is 5.92 Å². The van der Waals surface area contributed by atoms with Crippen LogP contribution in [0.15, 0.2) is 24.3 Å². The number of hydrogen-bond acceptors (Lipinski definition) is 2. The van der Waals surface area contributed by atoms with Gasteiger partial charge < -0.3 is 4.90 Å². The SMILES string of the molecule is O=C(Cl)[C@@H]1CC[C@@H]2CCc3ccccc3C(=O)N2C1. The average molecular weight is 278 g/mol. The first kappa shape index (κ1) is 12.7. The van der Waals surface area contributed by atoms with Crippen molar-refractivity contribution in [1.29, 1.82) is 0 Å². The van der Waals surface area contributed by atoms with E-state index in [9.17, 15) is 9.59 Å². The number of benzene rings is 1. The molecule has 0 aliphatic carbocycles. The molecular weight excluding hydrogens is 262 g/mol. The van der Waals surface area contributed by atoms with Crippen LogP contribution in [-0.2, 0) is 11.2 Å². The Balaban J connectivity index is 1.92. The molecule has 2 aliphatic heterocycles. The van der Waals surface area contributed by atoms with Crippen molar-refractivity contribution in [3.8, 4) is 0 Å². The molecule has 3 nitrogen and oxygen atoms in total. The van der Waals surface area contributed by atoms with Crippen molar-refractivity contribution in [2.24, 2.45) is 5.92 Å². The smallest absolute Gasteiger partial charge is 0.254 e. The number of rotatable bonds is 1. The lowest BCUT2D eigenvalue weighted by molar-refractivity contribution is -0.116. The van der Waals surface area contributed by atoms with Gasteiger partial charge in [0.15, 0.2) is 0 Å². The van der Waals surface area contributed by atoms with Gasteiger partial charge in [-0.3, -0.25) is 9.59 Å². The first-order valence-corrected chi connectivity index (χ1v) is 7.13. The van der Waals surface area contributed by atoms with Crippen molar-refractivity contribution in [3.63, 3.8) is 0 Å². The van der Waals surface area contributed by atoms with Gasteiger partial charge in [0.1, 0.15) is 0 Å². The molecule has 0 saturated carbocycles. The highest BCUT2D eigenvalue weighted by Gasteiger charge is 2.36. The number of carbonyl (C=O) groups is 2. The van der Waals surface area contributed by atoms with Crippen LogP contribution in [0.4, 0.5) is 0 Å². The van der Waals surface area contributed by atoms with Gasteiger partial charge in [-0.1, -0.05) is 18.2 Å². The van der Waals surface area contributed by atoms with E-state index in [4.69, 9.17) is 11.6 Å². The monoisotopic (exact) mass is 277 g/mol. The molecule has 100 valence electrons. The molecule has 19 heavy (non-hydrogen) atoms. The maximum atomic E-state index is 12.6. The first-order valence-electron chi connectivity index (χ1n) is 6.75. The summed E-state index contributed by atoms with van der Waals surface area (Å²) in [5.74, 6) is -0.146. The lowest BCUT2D eigenvalue weighted by Gasteiger charge is -2.37. The Labute approximate surface area is 117 Å². The molecular formula is C15H16ClNO2. The van der Waals surface area contributed by atoms with Gasteiger partial charge in [-0.05, 0) is 48.9 Å². The number of piperidine rings is 1. The summed E-state index contributed by atoms with van der Waals surface area (Å²) in [6, 6.07) is 8.03. The quantitative estimate of drug-likeness (QED) is 0.740. The predicted molar refractivity (Wildman–Crippen MR) is 73.2 cm³/mol. The highest BCUT2D eigenvalue weighted by molar-refractivity contribution is 6.64. The highest BCUT2D eigenvalue weighted by Crippen LogP contribution is 2.31. The number of fused-ring (bicyclic) bond motifs is 2. The lowest BCUT2D eigenvalue weighted by atomic mass is 9.91. The molecule has 2 heterocycles. The van der Waals surface area contributed by atoms with Crippen molar-refractivity contribution in [2.45, 2.75) is 31.7 Å². The van der Waals surface area contributed by atoms with E-state index in [2.05, 4.69) is 0 Å². The summed E-state index contributed by atoms with van der Waals surface area (Å²) in [6.45, 7) is 0.472. The van der Waals surface area contributed by atoms with Crippen LogP contribution in [0.3, 0.4) is 0 Å². The van der Waals surface area contributed by atoms with E-state index in [0.717, 1.165) is 36.8 Å². The second-order valence-electron chi connectivity index (χ2n) is 5.39. The van der Waals surface area contributed by atoms with Gasteiger partial charge in [0, 0.05) is 18.2 Å². The molecule has 0 unspecified atom stereocenters. The minimum absolute atomic E-state index is 0.0562.